The number of carbonyl (C=O) groups is 1. The number of ether oxygens (including phenoxy) is 1. The Bertz CT molecular complexity index is 654. The van der Waals surface area contributed by atoms with Crippen molar-refractivity contribution < 1.29 is 19.7 Å². The number of rotatable bonds is 6. The van der Waals surface area contributed by atoms with Crippen LogP contribution in [0, 0.1) is 0 Å². The minimum absolute atomic E-state index is 0.0177. The standard InChI is InChI=1S/C14H12Cl2O4S/c15-12-8(14(19)10-4-5-11(18)21-10)2-3-9(13(12)16)20-7-1-6-17/h2-5,17-18H,1,6-7H2. The van der Waals surface area contributed by atoms with Gasteiger partial charge in [0.2, 0.25) is 5.78 Å². The first kappa shape index (κ1) is 16.1. The van der Waals surface area contributed by atoms with Gasteiger partial charge in [-0.1, -0.05) is 34.5 Å². The summed E-state index contributed by atoms with van der Waals surface area (Å²) in [5.41, 5.74) is 0.248. The molecule has 2 aromatic rings. The van der Waals surface area contributed by atoms with Crippen LogP contribution in [0.2, 0.25) is 10.0 Å². The quantitative estimate of drug-likeness (QED) is 0.617. The summed E-state index contributed by atoms with van der Waals surface area (Å²) in [6.07, 6.45) is 0.475. The molecular weight excluding hydrogens is 335 g/mol. The van der Waals surface area contributed by atoms with Crippen LogP contribution >= 0.6 is 34.5 Å². The lowest BCUT2D eigenvalue weighted by Gasteiger charge is -2.10. The van der Waals surface area contributed by atoms with E-state index in [1.165, 1.54) is 18.2 Å². The molecule has 1 aromatic heterocycles. The summed E-state index contributed by atoms with van der Waals surface area (Å²) in [4.78, 5) is 12.7. The molecule has 2 N–H and O–H groups in total. The van der Waals surface area contributed by atoms with Crippen LogP contribution in [0.3, 0.4) is 0 Å². The molecule has 0 saturated heterocycles. The second-order valence-electron chi connectivity index (χ2n) is 4.13. The first-order valence-corrected chi connectivity index (χ1v) is 7.67. The van der Waals surface area contributed by atoms with Crippen molar-refractivity contribution in [3.63, 3.8) is 0 Å². The van der Waals surface area contributed by atoms with E-state index < -0.39 is 0 Å². The highest BCUT2D eigenvalue weighted by Crippen LogP contribution is 2.36. The highest BCUT2D eigenvalue weighted by Gasteiger charge is 2.19. The van der Waals surface area contributed by atoms with Crippen molar-refractivity contribution in [1.29, 1.82) is 0 Å². The second kappa shape index (κ2) is 7.13. The van der Waals surface area contributed by atoms with Gasteiger partial charge in [0.05, 0.1) is 16.5 Å². The number of aliphatic hydroxyl groups is 1. The van der Waals surface area contributed by atoms with Gasteiger partial charge in [0.25, 0.3) is 0 Å². The highest BCUT2D eigenvalue weighted by molar-refractivity contribution is 7.15. The molecule has 0 aliphatic rings. The Morgan fingerprint density at radius 3 is 2.57 bits per heavy atom. The Morgan fingerprint density at radius 2 is 1.95 bits per heavy atom. The fraction of sp³-hybridized carbons (Fsp3) is 0.214. The first-order valence-electron chi connectivity index (χ1n) is 6.09. The molecule has 0 aliphatic carbocycles. The Hall–Kier alpha value is -1.27. The van der Waals surface area contributed by atoms with E-state index in [0.29, 0.717) is 23.7 Å². The molecule has 0 bridgehead atoms. The van der Waals surface area contributed by atoms with E-state index in [-0.39, 0.29) is 33.1 Å². The number of halogens is 2. The topological polar surface area (TPSA) is 66.8 Å². The molecule has 1 heterocycles. The van der Waals surface area contributed by atoms with Crippen LogP contribution in [0.25, 0.3) is 0 Å². The van der Waals surface area contributed by atoms with Crippen molar-refractivity contribution in [1.82, 2.24) is 0 Å². The van der Waals surface area contributed by atoms with Gasteiger partial charge in [0, 0.05) is 18.6 Å². The zero-order valence-corrected chi connectivity index (χ0v) is 13.1. The monoisotopic (exact) mass is 346 g/mol. The van der Waals surface area contributed by atoms with Crippen molar-refractivity contribution >= 4 is 40.3 Å². The van der Waals surface area contributed by atoms with Crippen LogP contribution in [0.15, 0.2) is 24.3 Å². The Morgan fingerprint density at radius 1 is 1.19 bits per heavy atom. The molecule has 21 heavy (non-hydrogen) atoms. The Labute approximate surface area is 135 Å². The molecule has 0 radical (unpaired) electrons. The van der Waals surface area contributed by atoms with Gasteiger partial charge in [-0.05, 0) is 24.3 Å². The zero-order chi connectivity index (χ0) is 15.4. The van der Waals surface area contributed by atoms with Gasteiger partial charge in [-0.25, -0.2) is 0 Å². The van der Waals surface area contributed by atoms with E-state index in [4.69, 9.17) is 33.0 Å². The van der Waals surface area contributed by atoms with E-state index in [9.17, 15) is 9.90 Å². The summed E-state index contributed by atoms with van der Waals surface area (Å²) >= 11 is 13.2. The third-order valence-corrected chi connectivity index (χ3v) is 4.42. The van der Waals surface area contributed by atoms with Crippen LogP contribution in [-0.4, -0.2) is 29.2 Å². The number of carbonyl (C=O) groups excluding carboxylic acids is 1. The summed E-state index contributed by atoms with van der Waals surface area (Å²) in [6.45, 7) is 0.322. The van der Waals surface area contributed by atoms with Gasteiger partial charge in [-0.15, -0.1) is 0 Å². The lowest BCUT2D eigenvalue weighted by Crippen LogP contribution is -2.03. The molecule has 1 aromatic carbocycles. The predicted octanol–water partition coefficient (Wildman–Crippen LogP) is 3.75. The van der Waals surface area contributed by atoms with Crippen LogP contribution in [-0.2, 0) is 0 Å². The molecule has 0 unspecified atom stereocenters. The largest absolute Gasteiger partial charge is 0.499 e. The fourth-order valence-corrected chi connectivity index (χ4v) is 2.81. The van der Waals surface area contributed by atoms with E-state index >= 15 is 0 Å². The van der Waals surface area contributed by atoms with E-state index in [2.05, 4.69) is 0 Å². The average Bonchev–Trinajstić information content (AvgIpc) is 2.90. The van der Waals surface area contributed by atoms with E-state index in [1.807, 2.05) is 0 Å². The molecule has 0 fully saturated rings. The molecule has 0 saturated carbocycles. The van der Waals surface area contributed by atoms with Gasteiger partial charge in [0.15, 0.2) is 5.06 Å². The van der Waals surface area contributed by atoms with Crippen LogP contribution < -0.4 is 4.74 Å². The molecule has 0 aliphatic heterocycles. The summed E-state index contributed by atoms with van der Waals surface area (Å²) in [6, 6.07) is 6.06. The van der Waals surface area contributed by atoms with Crippen LogP contribution in [0.5, 0.6) is 10.8 Å². The smallest absolute Gasteiger partial charge is 0.204 e. The number of ketones is 1. The number of thiophene rings is 1. The van der Waals surface area contributed by atoms with Crippen molar-refractivity contribution in [2.75, 3.05) is 13.2 Å². The minimum atomic E-state index is -0.311. The molecule has 0 spiro atoms. The molecule has 2 rings (SSSR count). The Balaban J connectivity index is 2.26. The summed E-state index contributed by atoms with van der Waals surface area (Å²) < 4.78 is 5.38. The normalized spacial score (nSPS) is 10.6. The summed E-state index contributed by atoms with van der Waals surface area (Å²) in [7, 11) is 0. The number of aromatic hydroxyl groups is 1. The number of benzene rings is 1. The maximum atomic E-state index is 12.3. The predicted molar refractivity (Wildman–Crippen MR) is 83.1 cm³/mol. The minimum Gasteiger partial charge on any atom is -0.499 e. The van der Waals surface area contributed by atoms with Crippen LogP contribution in [0.1, 0.15) is 21.7 Å². The van der Waals surface area contributed by atoms with Gasteiger partial charge < -0.3 is 14.9 Å². The lowest BCUT2D eigenvalue weighted by molar-refractivity contribution is 0.104. The van der Waals surface area contributed by atoms with Crippen LogP contribution in [0.4, 0.5) is 0 Å². The SMILES string of the molecule is O=C(c1ccc(O)s1)c1ccc(OCCCO)c(Cl)c1Cl. The molecule has 0 atom stereocenters. The average molecular weight is 347 g/mol. The number of hydrogen-bond donors (Lipinski definition) is 2. The Kier molecular flexibility index (Phi) is 5.47. The number of aliphatic hydroxyl groups excluding tert-OH is 1. The van der Waals surface area contributed by atoms with Crippen molar-refractivity contribution in [3.05, 3.63) is 44.8 Å². The van der Waals surface area contributed by atoms with Crippen molar-refractivity contribution in [2.24, 2.45) is 0 Å². The third kappa shape index (κ3) is 3.68. The third-order valence-electron chi connectivity index (χ3n) is 2.67. The van der Waals surface area contributed by atoms with Gasteiger partial charge >= 0.3 is 0 Å². The van der Waals surface area contributed by atoms with Gasteiger partial charge in [-0.2, -0.15) is 0 Å². The lowest BCUT2D eigenvalue weighted by atomic mass is 10.1. The second-order valence-corrected chi connectivity index (χ2v) is 5.95. The number of hydrogen-bond acceptors (Lipinski definition) is 5. The molecule has 112 valence electrons. The first-order chi connectivity index (χ1) is 10.0. The van der Waals surface area contributed by atoms with Crippen molar-refractivity contribution in [2.45, 2.75) is 6.42 Å². The van der Waals surface area contributed by atoms with Gasteiger partial charge in [0.1, 0.15) is 10.8 Å². The zero-order valence-electron chi connectivity index (χ0n) is 10.8. The maximum absolute atomic E-state index is 12.3. The molecule has 4 nitrogen and oxygen atoms in total. The van der Waals surface area contributed by atoms with E-state index in [1.54, 1.807) is 6.07 Å². The summed E-state index contributed by atoms with van der Waals surface area (Å²) in [5, 5.41) is 18.3. The molecule has 7 heteroatoms. The van der Waals surface area contributed by atoms with Gasteiger partial charge in [-0.3, -0.25) is 4.79 Å². The van der Waals surface area contributed by atoms with Crippen molar-refractivity contribution in [3.8, 4) is 10.8 Å². The highest BCUT2D eigenvalue weighted by atomic mass is 35.5. The van der Waals surface area contributed by atoms with E-state index in [0.717, 1.165) is 11.3 Å². The maximum Gasteiger partial charge on any atom is 0.204 e. The molecule has 0 amide bonds. The molecular formula is C14H12Cl2O4S. The fourth-order valence-electron chi connectivity index (χ4n) is 1.65. The summed E-state index contributed by atoms with van der Waals surface area (Å²) in [5.74, 6) is 0.0507.